The summed E-state index contributed by atoms with van der Waals surface area (Å²) >= 11 is 1.36. The van der Waals surface area contributed by atoms with Crippen molar-refractivity contribution in [2.24, 2.45) is 0 Å². The van der Waals surface area contributed by atoms with Gasteiger partial charge in [-0.25, -0.2) is 4.98 Å². The van der Waals surface area contributed by atoms with E-state index in [0.29, 0.717) is 33.4 Å². The molecule has 6 nitrogen and oxygen atoms in total. The summed E-state index contributed by atoms with van der Waals surface area (Å²) in [5, 5.41) is 7.42. The van der Waals surface area contributed by atoms with Crippen LogP contribution in [-0.2, 0) is 0 Å². The first-order valence-corrected chi connectivity index (χ1v) is 10.0. The Balaban J connectivity index is 1.39. The Morgan fingerprint density at radius 1 is 0.800 bits per heavy atom. The van der Waals surface area contributed by atoms with Crippen molar-refractivity contribution in [1.82, 2.24) is 4.98 Å². The van der Waals surface area contributed by atoms with Gasteiger partial charge >= 0.3 is 0 Å². The number of thiophene rings is 1. The minimum absolute atomic E-state index is 0.208. The minimum Gasteiger partial charge on any atom is -0.439 e. The smallest absolute Gasteiger partial charge is 0.265 e. The molecule has 2 N–H and O–H groups in total. The van der Waals surface area contributed by atoms with Crippen molar-refractivity contribution in [3.8, 4) is 11.6 Å². The van der Waals surface area contributed by atoms with Crippen LogP contribution in [0, 0.1) is 0 Å². The number of carbonyl (C=O) groups excluding carboxylic acids is 2. The summed E-state index contributed by atoms with van der Waals surface area (Å²) in [6, 6.07) is 23.0. The third-order valence-electron chi connectivity index (χ3n) is 4.09. The molecule has 2 amide bonds. The van der Waals surface area contributed by atoms with Gasteiger partial charge in [-0.2, -0.15) is 0 Å². The number of rotatable bonds is 6. The molecule has 2 aromatic heterocycles. The average Bonchev–Trinajstić information content (AvgIpc) is 3.31. The summed E-state index contributed by atoms with van der Waals surface area (Å²) in [5.41, 5.74) is 1.50. The van der Waals surface area contributed by atoms with Crippen LogP contribution in [0.4, 0.5) is 11.4 Å². The van der Waals surface area contributed by atoms with Crippen LogP contribution in [0.15, 0.2) is 90.4 Å². The normalized spacial score (nSPS) is 10.3. The van der Waals surface area contributed by atoms with Crippen LogP contribution < -0.4 is 15.4 Å². The lowest BCUT2D eigenvalue weighted by Gasteiger charge is -2.09. The Morgan fingerprint density at radius 3 is 2.37 bits per heavy atom. The molecule has 30 heavy (non-hydrogen) atoms. The Bertz CT molecular complexity index is 1140. The van der Waals surface area contributed by atoms with E-state index in [4.69, 9.17) is 4.74 Å². The lowest BCUT2D eigenvalue weighted by atomic mass is 10.2. The Hall–Kier alpha value is -3.97. The molecule has 2 aromatic carbocycles. The highest BCUT2D eigenvalue weighted by molar-refractivity contribution is 7.12. The van der Waals surface area contributed by atoms with Gasteiger partial charge in [-0.3, -0.25) is 9.59 Å². The average molecular weight is 415 g/mol. The number of amides is 2. The Labute approximate surface area is 177 Å². The first-order chi connectivity index (χ1) is 14.7. The van der Waals surface area contributed by atoms with Gasteiger partial charge in [0.25, 0.3) is 11.8 Å². The number of benzene rings is 2. The zero-order valence-electron chi connectivity index (χ0n) is 15.7. The van der Waals surface area contributed by atoms with Gasteiger partial charge in [-0.05, 0) is 47.8 Å². The highest BCUT2D eigenvalue weighted by Gasteiger charge is 2.11. The Morgan fingerprint density at radius 2 is 1.63 bits per heavy atom. The highest BCUT2D eigenvalue weighted by atomic mass is 32.1. The third kappa shape index (κ3) is 4.89. The van der Waals surface area contributed by atoms with E-state index in [1.54, 1.807) is 42.5 Å². The summed E-state index contributed by atoms with van der Waals surface area (Å²) in [6.07, 6.45) is 1.53. The molecular weight excluding hydrogens is 398 g/mol. The van der Waals surface area contributed by atoms with E-state index in [1.807, 2.05) is 41.8 Å². The van der Waals surface area contributed by atoms with Crippen molar-refractivity contribution < 1.29 is 14.3 Å². The zero-order chi connectivity index (χ0) is 20.8. The van der Waals surface area contributed by atoms with Gasteiger partial charge in [0.15, 0.2) is 0 Å². The lowest BCUT2D eigenvalue weighted by Crippen LogP contribution is -2.14. The van der Waals surface area contributed by atoms with E-state index in [-0.39, 0.29) is 11.8 Å². The zero-order valence-corrected chi connectivity index (χ0v) is 16.6. The molecule has 0 bridgehead atoms. The van der Waals surface area contributed by atoms with Crippen molar-refractivity contribution in [2.45, 2.75) is 0 Å². The summed E-state index contributed by atoms with van der Waals surface area (Å²) in [5.74, 6) is 0.599. The highest BCUT2D eigenvalue weighted by Crippen LogP contribution is 2.21. The topological polar surface area (TPSA) is 80.3 Å². The maximum atomic E-state index is 12.6. The fourth-order valence-corrected chi connectivity index (χ4v) is 3.28. The van der Waals surface area contributed by atoms with Crippen LogP contribution in [0.25, 0.3) is 0 Å². The van der Waals surface area contributed by atoms with Gasteiger partial charge in [-0.15, -0.1) is 11.3 Å². The fraction of sp³-hybridized carbons (Fsp3) is 0. The maximum absolute atomic E-state index is 12.6. The van der Waals surface area contributed by atoms with Crippen molar-refractivity contribution in [1.29, 1.82) is 0 Å². The minimum atomic E-state index is -0.305. The number of carbonyl (C=O) groups is 2. The molecule has 0 radical (unpaired) electrons. The van der Waals surface area contributed by atoms with E-state index in [0.717, 1.165) is 0 Å². The largest absolute Gasteiger partial charge is 0.439 e. The molecule has 2 heterocycles. The van der Waals surface area contributed by atoms with Crippen LogP contribution in [0.1, 0.15) is 20.0 Å². The van der Waals surface area contributed by atoms with Crippen LogP contribution >= 0.6 is 11.3 Å². The predicted octanol–water partition coefficient (Wildman–Crippen LogP) is 5.44. The van der Waals surface area contributed by atoms with Crippen molar-refractivity contribution >= 4 is 34.5 Å². The monoisotopic (exact) mass is 415 g/mol. The maximum Gasteiger partial charge on any atom is 0.265 e. The van der Waals surface area contributed by atoms with E-state index in [2.05, 4.69) is 15.6 Å². The quantitative estimate of drug-likeness (QED) is 0.439. The lowest BCUT2D eigenvalue weighted by molar-refractivity contribution is 0.101. The second kappa shape index (κ2) is 9.02. The van der Waals surface area contributed by atoms with Crippen LogP contribution in [0.5, 0.6) is 11.6 Å². The molecule has 0 saturated heterocycles. The van der Waals surface area contributed by atoms with Gasteiger partial charge in [0.2, 0.25) is 5.88 Å². The van der Waals surface area contributed by atoms with E-state index in [9.17, 15) is 9.59 Å². The number of pyridine rings is 1. The first kappa shape index (κ1) is 19.4. The number of nitrogens with zero attached hydrogens (tertiary/aromatic N) is 1. The molecule has 148 valence electrons. The Kier molecular flexibility index (Phi) is 5.82. The van der Waals surface area contributed by atoms with Crippen LogP contribution in [0.3, 0.4) is 0 Å². The summed E-state index contributed by atoms with van der Waals surface area (Å²) in [7, 11) is 0. The standard InChI is InChI=1S/C23H17N3O3S/c27-22(16-6-4-7-17(14-16)25-23(28)20-10-5-13-30-20)26-18-11-12-21(24-15-18)29-19-8-2-1-3-9-19/h1-15H,(H,25,28)(H,26,27). The first-order valence-electron chi connectivity index (χ1n) is 9.12. The fourth-order valence-electron chi connectivity index (χ4n) is 2.67. The van der Waals surface area contributed by atoms with Gasteiger partial charge < -0.3 is 15.4 Å². The molecule has 0 aliphatic carbocycles. The molecule has 4 aromatic rings. The second-order valence-electron chi connectivity index (χ2n) is 6.27. The van der Waals surface area contributed by atoms with Gasteiger partial charge in [0.1, 0.15) is 5.75 Å². The molecular formula is C23H17N3O3S. The molecule has 0 fully saturated rings. The molecule has 0 unspecified atom stereocenters. The SMILES string of the molecule is O=C(Nc1ccc(Oc2ccccc2)nc1)c1cccc(NC(=O)c2cccs2)c1. The summed E-state index contributed by atoms with van der Waals surface area (Å²) < 4.78 is 5.64. The molecule has 0 spiro atoms. The molecule has 0 aliphatic rings. The number of ether oxygens (including phenoxy) is 1. The summed E-state index contributed by atoms with van der Waals surface area (Å²) in [4.78, 5) is 29.6. The van der Waals surface area contributed by atoms with Crippen molar-refractivity contribution in [3.63, 3.8) is 0 Å². The van der Waals surface area contributed by atoms with Gasteiger partial charge in [-0.1, -0.05) is 30.3 Å². The van der Waals surface area contributed by atoms with E-state index < -0.39 is 0 Å². The molecule has 4 rings (SSSR count). The van der Waals surface area contributed by atoms with Crippen molar-refractivity contribution in [2.75, 3.05) is 10.6 Å². The molecule has 0 aliphatic heterocycles. The number of anilines is 2. The number of nitrogens with one attached hydrogen (secondary N) is 2. The molecule has 0 atom stereocenters. The second-order valence-corrected chi connectivity index (χ2v) is 7.21. The number of para-hydroxylation sites is 1. The number of aromatic nitrogens is 1. The molecule has 0 saturated carbocycles. The van der Waals surface area contributed by atoms with E-state index in [1.165, 1.54) is 17.5 Å². The van der Waals surface area contributed by atoms with Crippen molar-refractivity contribution in [3.05, 3.63) is 101 Å². The van der Waals surface area contributed by atoms with Crippen LogP contribution in [-0.4, -0.2) is 16.8 Å². The number of hydrogen-bond donors (Lipinski definition) is 2. The van der Waals surface area contributed by atoms with Gasteiger partial charge in [0, 0.05) is 17.3 Å². The molecule has 7 heteroatoms. The third-order valence-corrected chi connectivity index (χ3v) is 4.96. The predicted molar refractivity (Wildman–Crippen MR) is 117 cm³/mol. The summed E-state index contributed by atoms with van der Waals surface area (Å²) in [6.45, 7) is 0. The van der Waals surface area contributed by atoms with E-state index >= 15 is 0 Å². The van der Waals surface area contributed by atoms with Gasteiger partial charge in [0.05, 0.1) is 16.8 Å². The number of hydrogen-bond acceptors (Lipinski definition) is 5. The van der Waals surface area contributed by atoms with Crippen LogP contribution in [0.2, 0.25) is 0 Å².